The van der Waals surface area contributed by atoms with Crippen molar-refractivity contribution in [3.63, 3.8) is 0 Å². The average molecular weight is 385 g/mol. The van der Waals surface area contributed by atoms with E-state index in [1.807, 2.05) is 0 Å². The molecule has 0 bridgehead atoms. The summed E-state index contributed by atoms with van der Waals surface area (Å²) in [7, 11) is 1.39. The van der Waals surface area contributed by atoms with Crippen molar-refractivity contribution in [2.24, 2.45) is 0 Å². The maximum atomic E-state index is 12.2. The Balaban J connectivity index is 2.14. The number of halogens is 2. The molecule has 9 heteroatoms. The Morgan fingerprint density at radius 2 is 1.84 bits per heavy atom. The second kappa shape index (κ2) is 8.04. The number of nitro benzene ring substituents is 1. The van der Waals surface area contributed by atoms with E-state index in [1.165, 1.54) is 50.4 Å². The molecule has 0 saturated heterocycles. The normalized spacial score (nSPS) is 11.5. The van der Waals surface area contributed by atoms with Crippen LogP contribution in [0.3, 0.4) is 0 Å². The third kappa shape index (κ3) is 4.98. The van der Waals surface area contributed by atoms with Gasteiger partial charge in [-0.1, -0.05) is 23.2 Å². The van der Waals surface area contributed by atoms with E-state index < -0.39 is 16.9 Å². The fourth-order valence-corrected chi connectivity index (χ4v) is 2.51. The van der Waals surface area contributed by atoms with Crippen LogP contribution in [0.1, 0.15) is 6.92 Å². The average Bonchev–Trinajstić information content (AvgIpc) is 2.53. The van der Waals surface area contributed by atoms with Crippen molar-refractivity contribution in [2.45, 2.75) is 13.0 Å². The van der Waals surface area contributed by atoms with Crippen molar-refractivity contribution in [1.82, 2.24) is 0 Å². The zero-order valence-electron chi connectivity index (χ0n) is 13.3. The van der Waals surface area contributed by atoms with Gasteiger partial charge in [0.1, 0.15) is 5.75 Å². The SMILES string of the molecule is COc1ccc(O[C@@H](C)C(=O)Nc2cc(Cl)cc(Cl)c2)c([N+](=O)[O-])c1. The van der Waals surface area contributed by atoms with Crippen LogP contribution in [0.25, 0.3) is 0 Å². The minimum absolute atomic E-state index is 0.0439. The molecule has 0 aromatic heterocycles. The number of nitrogens with zero attached hydrogens (tertiary/aromatic N) is 1. The molecule has 2 rings (SSSR count). The lowest BCUT2D eigenvalue weighted by molar-refractivity contribution is -0.386. The fourth-order valence-electron chi connectivity index (χ4n) is 1.98. The minimum Gasteiger partial charge on any atom is -0.496 e. The van der Waals surface area contributed by atoms with E-state index in [9.17, 15) is 14.9 Å². The van der Waals surface area contributed by atoms with Crippen molar-refractivity contribution in [1.29, 1.82) is 0 Å². The Hall–Kier alpha value is -2.51. The number of hydrogen-bond donors (Lipinski definition) is 1. The fraction of sp³-hybridized carbons (Fsp3) is 0.188. The second-order valence-electron chi connectivity index (χ2n) is 5.00. The molecular weight excluding hydrogens is 371 g/mol. The maximum absolute atomic E-state index is 12.2. The smallest absolute Gasteiger partial charge is 0.314 e. The van der Waals surface area contributed by atoms with E-state index >= 15 is 0 Å². The van der Waals surface area contributed by atoms with Gasteiger partial charge in [-0.15, -0.1) is 0 Å². The molecule has 0 saturated carbocycles. The van der Waals surface area contributed by atoms with Crippen molar-refractivity contribution >= 4 is 40.5 Å². The van der Waals surface area contributed by atoms with E-state index in [0.717, 1.165) is 0 Å². The Kier molecular flexibility index (Phi) is 6.06. The summed E-state index contributed by atoms with van der Waals surface area (Å²) in [5, 5.41) is 14.5. The third-order valence-electron chi connectivity index (χ3n) is 3.17. The number of methoxy groups -OCH3 is 1. The zero-order chi connectivity index (χ0) is 18.6. The summed E-state index contributed by atoms with van der Waals surface area (Å²) in [6.07, 6.45) is -0.996. The molecule has 2 aromatic carbocycles. The molecule has 7 nitrogen and oxygen atoms in total. The van der Waals surface area contributed by atoms with Crippen LogP contribution in [-0.4, -0.2) is 24.0 Å². The number of amides is 1. The summed E-state index contributed by atoms with van der Waals surface area (Å²) in [6.45, 7) is 1.47. The van der Waals surface area contributed by atoms with Crippen LogP contribution >= 0.6 is 23.2 Å². The van der Waals surface area contributed by atoms with Gasteiger partial charge in [-0.05, 0) is 37.3 Å². The van der Waals surface area contributed by atoms with Gasteiger partial charge < -0.3 is 14.8 Å². The van der Waals surface area contributed by atoms with Crippen LogP contribution in [0.2, 0.25) is 10.0 Å². The first-order valence-corrected chi connectivity index (χ1v) is 7.82. The van der Waals surface area contributed by atoms with Gasteiger partial charge in [-0.2, -0.15) is 0 Å². The maximum Gasteiger partial charge on any atom is 0.314 e. The molecule has 1 atom stereocenters. The molecule has 0 aliphatic heterocycles. The molecule has 0 spiro atoms. The van der Waals surface area contributed by atoms with Crippen LogP contribution in [0.15, 0.2) is 36.4 Å². The lowest BCUT2D eigenvalue weighted by Crippen LogP contribution is -2.30. The number of hydrogen-bond acceptors (Lipinski definition) is 5. The van der Waals surface area contributed by atoms with Gasteiger partial charge in [0, 0.05) is 15.7 Å². The molecule has 0 fully saturated rings. The second-order valence-corrected chi connectivity index (χ2v) is 5.87. The van der Waals surface area contributed by atoms with Crippen molar-refractivity contribution < 1.29 is 19.2 Å². The molecule has 1 N–H and O–H groups in total. The van der Waals surface area contributed by atoms with Crippen LogP contribution in [-0.2, 0) is 4.79 Å². The minimum atomic E-state index is -0.996. The summed E-state index contributed by atoms with van der Waals surface area (Å²) >= 11 is 11.7. The Labute approximate surface area is 153 Å². The Morgan fingerprint density at radius 1 is 1.20 bits per heavy atom. The summed E-state index contributed by atoms with van der Waals surface area (Å²) in [5.41, 5.74) is 0.0898. The predicted octanol–water partition coefficient (Wildman–Crippen LogP) is 4.32. The van der Waals surface area contributed by atoms with E-state index in [1.54, 1.807) is 0 Å². The van der Waals surface area contributed by atoms with Crippen LogP contribution < -0.4 is 14.8 Å². The highest BCUT2D eigenvalue weighted by atomic mass is 35.5. The third-order valence-corrected chi connectivity index (χ3v) is 3.60. The zero-order valence-corrected chi connectivity index (χ0v) is 14.8. The summed E-state index contributed by atoms with van der Waals surface area (Å²) in [5.74, 6) is -0.245. The van der Waals surface area contributed by atoms with Crippen molar-refractivity contribution in [3.05, 3.63) is 56.6 Å². The number of benzene rings is 2. The largest absolute Gasteiger partial charge is 0.496 e. The molecule has 0 aliphatic rings. The van der Waals surface area contributed by atoms with Gasteiger partial charge in [0.25, 0.3) is 5.91 Å². The number of carbonyl (C=O) groups excluding carboxylic acids is 1. The lowest BCUT2D eigenvalue weighted by atomic mass is 10.2. The number of carbonyl (C=O) groups is 1. The quantitative estimate of drug-likeness (QED) is 0.591. The molecule has 0 unspecified atom stereocenters. The standard InChI is InChI=1S/C16H14Cl2N2O5/c1-9(16(21)19-12-6-10(17)5-11(18)7-12)25-15-4-3-13(24-2)8-14(15)20(22)23/h3-9H,1-2H3,(H,19,21)/t9-/m0/s1. The van der Waals surface area contributed by atoms with Gasteiger partial charge in [0.05, 0.1) is 18.1 Å². The number of ether oxygens (including phenoxy) is 2. The molecule has 25 heavy (non-hydrogen) atoms. The predicted molar refractivity (Wildman–Crippen MR) is 94.8 cm³/mol. The monoisotopic (exact) mass is 384 g/mol. The number of nitro groups is 1. The van der Waals surface area contributed by atoms with E-state index in [0.29, 0.717) is 21.5 Å². The molecule has 0 aliphatic carbocycles. The first kappa shape index (κ1) is 18.8. The topological polar surface area (TPSA) is 90.7 Å². The summed E-state index contributed by atoms with van der Waals surface area (Å²) in [4.78, 5) is 22.8. The van der Waals surface area contributed by atoms with Gasteiger partial charge >= 0.3 is 5.69 Å². The van der Waals surface area contributed by atoms with Crippen molar-refractivity contribution in [3.8, 4) is 11.5 Å². The first-order chi connectivity index (χ1) is 11.8. The van der Waals surface area contributed by atoms with Crippen LogP contribution in [0.5, 0.6) is 11.5 Å². The molecule has 132 valence electrons. The molecule has 1 amide bonds. The molecule has 0 heterocycles. The van der Waals surface area contributed by atoms with Gasteiger partial charge in [-0.25, -0.2) is 0 Å². The van der Waals surface area contributed by atoms with Gasteiger partial charge in [0.2, 0.25) is 0 Å². The Bertz CT molecular complexity index is 793. The van der Waals surface area contributed by atoms with Crippen LogP contribution in [0.4, 0.5) is 11.4 Å². The van der Waals surface area contributed by atoms with Crippen LogP contribution in [0, 0.1) is 10.1 Å². The lowest BCUT2D eigenvalue weighted by Gasteiger charge is -2.15. The van der Waals surface area contributed by atoms with Gasteiger partial charge in [-0.3, -0.25) is 14.9 Å². The summed E-state index contributed by atoms with van der Waals surface area (Å²) < 4.78 is 10.4. The highest BCUT2D eigenvalue weighted by Crippen LogP contribution is 2.32. The van der Waals surface area contributed by atoms with E-state index in [4.69, 9.17) is 32.7 Å². The number of nitrogens with one attached hydrogen (secondary N) is 1. The van der Waals surface area contributed by atoms with Crippen molar-refractivity contribution in [2.75, 3.05) is 12.4 Å². The first-order valence-electron chi connectivity index (χ1n) is 7.06. The molecule has 0 radical (unpaired) electrons. The highest BCUT2D eigenvalue weighted by Gasteiger charge is 2.22. The highest BCUT2D eigenvalue weighted by molar-refractivity contribution is 6.35. The summed E-state index contributed by atoms with van der Waals surface area (Å²) in [6, 6.07) is 8.67. The number of anilines is 1. The van der Waals surface area contributed by atoms with Gasteiger partial charge in [0.15, 0.2) is 11.9 Å². The Morgan fingerprint density at radius 3 is 2.40 bits per heavy atom. The van der Waals surface area contributed by atoms with E-state index in [2.05, 4.69) is 5.32 Å². The molecule has 2 aromatic rings. The number of rotatable bonds is 6. The molecular formula is C16H14Cl2N2O5. The van der Waals surface area contributed by atoms with E-state index in [-0.39, 0.29) is 11.4 Å².